The Kier molecular flexibility index (Phi) is 2.57. The van der Waals surface area contributed by atoms with Gasteiger partial charge in [0, 0.05) is 5.88 Å². The first kappa shape index (κ1) is 10.0. The van der Waals surface area contributed by atoms with Crippen LogP contribution < -0.4 is 0 Å². The molecule has 0 fully saturated rings. The summed E-state index contributed by atoms with van der Waals surface area (Å²) in [5.41, 5.74) is 4.63. The number of fused-ring (bicyclic) bond motifs is 1. The van der Waals surface area contributed by atoms with Gasteiger partial charge in [0.05, 0.1) is 0 Å². The van der Waals surface area contributed by atoms with E-state index in [-0.39, 0.29) is 0 Å². The van der Waals surface area contributed by atoms with E-state index in [1.54, 1.807) is 0 Å². The van der Waals surface area contributed by atoms with Gasteiger partial charge < -0.3 is 0 Å². The molecule has 0 aliphatic heterocycles. The van der Waals surface area contributed by atoms with Crippen molar-refractivity contribution in [3.63, 3.8) is 0 Å². The highest BCUT2D eigenvalue weighted by Gasteiger charge is 2.26. The molecule has 0 N–H and O–H groups in total. The number of halogens is 1. The summed E-state index contributed by atoms with van der Waals surface area (Å²) in [5, 5.41) is 0. The second-order valence-corrected chi connectivity index (χ2v) is 5.13. The van der Waals surface area contributed by atoms with Crippen molar-refractivity contribution < 1.29 is 0 Å². The number of benzene rings is 1. The van der Waals surface area contributed by atoms with Gasteiger partial charge in [0.15, 0.2) is 0 Å². The third kappa shape index (κ3) is 1.68. The summed E-state index contributed by atoms with van der Waals surface area (Å²) in [6, 6.07) is 6.71. The van der Waals surface area contributed by atoms with Crippen LogP contribution in [0.15, 0.2) is 18.2 Å². The highest BCUT2D eigenvalue weighted by molar-refractivity contribution is 6.17. The topological polar surface area (TPSA) is 0 Å². The van der Waals surface area contributed by atoms with Crippen molar-refractivity contribution in [1.82, 2.24) is 0 Å². The van der Waals surface area contributed by atoms with Crippen LogP contribution in [0, 0.1) is 0 Å². The molecule has 76 valence electrons. The van der Waals surface area contributed by atoms with Gasteiger partial charge in [-0.3, -0.25) is 0 Å². The minimum absolute atomic E-state index is 0.343. The molecule has 1 aromatic rings. The Balaban J connectivity index is 2.49. The molecule has 0 nitrogen and oxygen atoms in total. The summed E-state index contributed by atoms with van der Waals surface area (Å²) < 4.78 is 0. The molecule has 0 bridgehead atoms. The fourth-order valence-electron chi connectivity index (χ4n) is 2.41. The van der Waals surface area contributed by atoms with Crippen LogP contribution in [0.2, 0.25) is 0 Å². The Morgan fingerprint density at radius 1 is 1.36 bits per heavy atom. The Labute approximate surface area is 91.3 Å². The Morgan fingerprint density at radius 2 is 2.14 bits per heavy atom. The maximum atomic E-state index is 5.86. The van der Waals surface area contributed by atoms with Crippen LogP contribution in [-0.2, 0) is 17.7 Å². The molecule has 0 radical (unpaired) electrons. The standard InChI is InChI=1S/C13H17Cl/c1-13(2)7-3-4-11-6-5-10(9-14)8-12(11)13/h5-6,8H,3-4,7,9H2,1-2H3. The second-order valence-electron chi connectivity index (χ2n) is 4.86. The van der Waals surface area contributed by atoms with Gasteiger partial charge in [-0.05, 0) is 41.4 Å². The number of alkyl halides is 1. The van der Waals surface area contributed by atoms with Crippen LogP contribution >= 0.6 is 11.6 Å². The Hall–Kier alpha value is -0.490. The van der Waals surface area contributed by atoms with Crippen LogP contribution in [0.3, 0.4) is 0 Å². The molecular weight excluding hydrogens is 192 g/mol. The number of hydrogen-bond donors (Lipinski definition) is 0. The van der Waals surface area contributed by atoms with Gasteiger partial charge in [0.25, 0.3) is 0 Å². The number of aryl methyl sites for hydroxylation is 1. The zero-order chi connectivity index (χ0) is 10.2. The van der Waals surface area contributed by atoms with Crippen molar-refractivity contribution in [2.75, 3.05) is 0 Å². The van der Waals surface area contributed by atoms with E-state index >= 15 is 0 Å². The summed E-state index contributed by atoms with van der Waals surface area (Å²) in [5.74, 6) is 0.628. The maximum absolute atomic E-state index is 5.86. The zero-order valence-corrected chi connectivity index (χ0v) is 9.69. The van der Waals surface area contributed by atoms with Crippen molar-refractivity contribution >= 4 is 11.6 Å². The van der Waals surface area contributed by atoms with E-state index in [1.807, 2.05) is 0 Å². The minimum atomic E-state index is 0.343. The monoisotopic (exact) mass is 208 g/mol. The maximum Gasteiger partial charge on any atom is 0.0474 e. The van der Waals surface area contributed by atoms with Crippen molar-refractivity contribution in [3.8, 4) is 0 Å². The Bertz CT molecular complexity index is 339. The molecule has 1 aromatic carbocycles. The quantitative estimate of drug-likeness (QED) is 0.612. The van der Waals surface area contributed by atoms with E-state index in [1.165, 1.54) is 36.0 Å². The third-order valence-corrected chi connectivity index (χ3v) is 3.61. The molecule has 0 heterocycles. The summed E-state index contributed by atoms with van der Waals surface area (Å²) in [7, 11) is 0. The van der Waals surface area contributed by atoms with Gasteiger partial charge in [0.1, 0.15) is 0 Å². The summed E-state index contributed by atoms with van der Waals surface area (Å²) >= 11 is 5.86. The van der Waals surface area contributed by atoms with Crippen molar-refractivity contribution in [1.29, 1.82) is 0 Å². The first-order valence-corrected chi connectivity index (χ1v) is 5.85. The molecule has 2 rings (SSSR count). The number of rotatable bonds is 1. The largest absolute Gasteiger partial charge is 0.122 e. The second kappa shape index (κ2) is 3.58. The molecule has 1 aliphatic rings. The molecule has 0 saturated carbocycles. The Morgan fingerprint density at radius 3 is 2.86 bits per heavy atom. The van der Waals surface area contributed by atoms with Crippen molar-refractivity contribution in [2.45, 2.75) is 44.4 Å². The van der Waals surface area contributed by atoms with Gasteiger partial charge in [-0.1, -0.05) is 32.0 Å². The van der Waals surface area contributed by atoms with E-state index < -0.39 is 0 Å². The van der Waals surface area contributed by atoms with Crippen LogP contribution in [0.25, 0.3) is 0 Å². The SMILES string of the molecule is CC1(C)CCCc2ccc(CCl)cc21. The van der Waals surface area contributed by atoms with Gasteiger partial charge in [-0.2, -0.15) is 0 Å². The lowest BCUT2D eigenvalue weighted by Crippen LogP contribution is -2.23. The lowest BCUT2D eigenvalue weighted by molar-refractivity contribution is 0.431. The number of hydrogen-bond acceptors (Lipinski definition) is 0. The summed E-state index contributed by atoms with van der Waals surface area (Å²) in [6.45, 7) is 4.67. The fourth-order valence-corrected chi connectivity index (χ4v) is 2.58. The normalized spacial score (nSPS) is 19.1. The van der Waals surface area contributed by atoms with E-state index in [9.17, 15) is 0 Å². The van der Waals surface area contributed by atoms with Crippen LogP contribution in [0.4, 0.5) is 0 Å². The molecule has 0 amide bonds. The average molecular weight is 209 g/mol. The first-order chi connectivity index (χ1) is 6.63. The van der Waals surface area contributed by atoms with Gasteiger partial charge >= 0.3 is 0 Å². The van der Waals surface area contributed by atoms with E-state index in [0.717, 1.165) is 0 Å². The first-order valence-electron chi connectivity index (χ1n) is 5.32. The van der Waals surface area contributed by atoms with Crippen LogP contribution in [0.5, 0.6) is 0 Å². The molecule has 0 aromatic heterocycles. The molecule has 14 heavy (non-hydrogen) atoms. The predicted octanol–water partition coefficient (Wildman–Crippen LogP) is 4.04. The molecule has 0 spiro atoms. The van der Waals surface area contributed by atoms with E-state index in [4.69, 9.17) is 11.6 Å². The molecule has 0 saturated heterocycles. The zero-order valence-electron chi connectivity index (χ0n) is 8.94. The predicted molar refractivity (Wildman–Crippen MR) is 62.0 cm³/mol. The van der Waals surface area contributed by atoms with Crippen LogP contribution in [-0.4, -0.2) is 0 Å². The smallest absolute Gasteiger partial charge is 0.0474 e. The highest BCUT2D eigenvalue weighted by Crippen LogP contribution is 2.37. The average Bonchev–Trinajstić information content (AvgIpc) is 2.17. The lowest BCUT2D eigenvalue weighted by Gasteiger charge is -2.32. The summed E-state index contributed by atoms with van der Waals surface area (Å²) in [6.07, 6.45) is 3.85. The molecular formula is C13H17Cl. The van der Waals surface area contributed by atoms with Gasteiger partial charge in [-0.15, -0.1) is 11.6 Å². The lowest BCUT2D eigenvalue weighted by atomic mass is 9.72. The van der Waals surface area contributed by atoms with E-state index in [2.05, 4.69) is 32.0 Å². The van der Waals surface area contributed by atoms with Gasteiger partial charge in [-0.25, -0.2) is 0 Å². The summed E-state index contributed by atoms with van der Waals surface area (Å²) in [4.78, 5) is 0. The highest BCUT2D eigenvalue weighted by atomic mass is 35.5. The fraction of sp³-hybridized carbons (Fsp3) is 0.538. The van der Waals surface area contributed by atoms with Crippen LogP contribution in [0.1, 0.15) is 43.4 Å². The third-order valence-electron chi connectivity index (χ3n) is 3.31. The molecule has 0 atom stereocenters. The van der Waals surface area contributed by atoms with Crippen molar-refractivity contribution in [2.24, 2.45) is 0 Å². The molecule has 0 unspecified atom stereocenters. The van der Waals surface area contributed by atoms with Crippen molar-refractivity contribution in [3.05, 3.63) is 34.9 Å². The minimum Gasteiger partial charge on any atom is -0.122 e. The molecule has 1 heteroatoms. The van der Waals surface area contributed by atoms with Gasteiger partial charge in [0.2, 0.25) is 0 Å². The molecule has 1 aliphatic carbocycles. The van der Waals surface area contributed by atoms with E-state index in [0.29, 0.717) is 11.3 Å².